The molecule has 3 rings (SSSR count). The molecule has 5 nitrogen and oxygen atoms in total. The van der Waals surface area contributed by atoms with Crippen molar-refractivity contribution in [2.45, 2.75) is 25.6 Å². The zero-order valence-corrected chi connectivity index (χ0v) is 11.3. The Balaban J connectivity index is 2.13. The zero-order valence-electron chi connectivity index (χ0n) is 11.3. The standard InChI is InChI=1S/C15H16N2O3/c1-20-9-17-8-12(15(19)16-10-6-7-10)14(18)11-4-2-3-5-13(11)17/h2-5,8,10H,6-7,9H2,1H3,(H,16,19). The topological polar surface area (TPSA) is 60.3 Å². The highest BCUT2D eigenvalue weighted by atomic mass is 16.5. The average molecular weight is 272 g/mol. The highest BCUT2D eigenvalue weighted by Crippen LogP contribution is 2.19. The molecule has 0 bridgehead atoms. The quantitative estimate of drug-likeness (QED) is 0.917. The number of hydrogen-bond acceptors (Lipinski definition) is 3. The molecule has 104 valence electrons. The number of carbonyl (C=O) groups excluding carboxylic acids is 1. The van der Waals surface area contributed by atoms with Crippen LogP contribution in [0.3, 0.4) is 0 Å². The Kier molecular flexibility index (Phi) is 3.28. The van der Waals surface area contributed by atoms with Crippen molar-refractivity contribution >= 4 is 16.8 Å². The molecule has 20 heavy (non-hydrogen) atoms. The number of hydrogen-bond donors (Lipinski definition) is 1. The van der Waals surface area contributed by atoms with Crippen LogP contribution in [0.15, 0.2) is 35.3 Å². The predicted octanol–water partition coefficient (Wildman–Crippen LogP) is 1.50. The second-order valence-corrected chi connectivity index (χ2v) is 5.02. The summed E-state index contributed by atoms with van der Waals surface area (Å²) in [5, 5.41) is 3.39. The van der Waals surface area contributed by atoms with Gasteiger partial charge < -0.3 is 14.6 Å². The van der Waals surface area contributed by atoms with Crippen LogP contribution in [-0.2, 0) is 11.5 Å². The van der Waals surface area contributed by atoms with Crippen LogP contribution in [0.5, 0.6) is 0 Å². The summed E-state index contributed by atoms with van der Waals surface area (Å²) in [6.07, 6.45) is 3.56. The van der Waals surface area contributed by atoms with Crippen molar-refractivity contribution in [1.29, 1.82) is 0 Å². The van der Waals surface area contributed by atoms with Gasteiger partial charge in [0.05, 0.1) is 5.52 Å². The molecule has 1 aliphatic rings. The van der Waals surface area contributed by atoms with E-state index in [2.05, 4.69) is 5.32 Å². The number of ether oxygens (including phenoxy) is 1. The number of rotatable bonds is 4. The van der Waals surface area contributed by atoms with Crippen LogP contribution in [0.25, 0.3) is 10.9 Å². The lowest BCUT2D eigenvalue weighted by atomic mass is 10.1. The molecule has 1 fully saturated rings. The maximum Gasteiger partial charge on any atom is 0.256 e. The van der Waals surface area contributed by atoms with Crippen LogP contribution in [0.2, 0.25) is 0 Å². The van der Waals surface area contributed by atoms with Crippen LogP contribution >= 0.6 is 0 Å². The fourth-order valence-electron chi connectivity index (χ4n) is 2.24. The Morgan fingerprint density at radius 1 is 1.40 bits per heavy atom. The monoisotopic (exact) mass is 272 g/mol. The third kappa shape index (κ3) is 2.32. The van der Waals surface area contributed by atoms with Gasteiger partial charge in [-0.15, -0.1) is 0 Å². The molecule has 2 aromatic rings. The number of benzene rings is 1. The first kappa shape index (κ1) is 12.9. The maximum atomic E-state index is 12.4. The molecule has 1 N–H and O–H groups in total. The predicted molar refractivity (Wildman–Crippen MR) is 75.7 cm³/mol. The van der Waals surface area contributed by atoms with E-state index in [1.165, 1.54) is 0 Å². The van der Waals surface area contributed by atoms with Gasteiger partial charge in [-0.05, 0) is 25.0 Å². The number of carbonyl (C=O) groups is 1. The van der Waals surface area contributed by atoms with E-state index < -0.39 is 0 Å². The van der Waals surface area contributed by atoms with E-state index >= 15 is 0 Å². The molecule has 1 heterocycles. The molecule has 0 saturated heterocycles. The largest absolute Gasteiger partial charge is 0.364 e. The van der Waals surface area contributed by atoms with E-state index in [0.717, 1.165) is 18.4 Å². The summed E-state index contributed by atoms with van der Waals surface area (Å²) < 4.78 is 6.91. The molecule has 0 spiro atoms. The van der Waals surface area contributed by atoms with Crippen molar-refractivity contribution in [3.63, 3.8) is 0 Å². The molecule has 0 aliphatic heterocycles. The summed E-state index contributed by atoms with van der Waals surface area (Å²) in [6.45, 7) is 0.296. The van der Waals surface area contributed by atoms with Gasteiger partial charge in [-0.25, -0.2) is 0 Å². The Bertz CT molecular complexity index is 717. The molecule has 1 aromatic heterocycles. The van der Waals surface area contributed by atoms with Gasteiger partial charge in [0.25, 0.3) is 5.91 Å². The lowest BCUT2D eigenvalue weighted by Crippen LogP contribution is -2.31. The fourth-order valence-corrected chi connectivity index (χ4v) is 2.24. The lowest BCUT2D eigenvalue weighted by molar-refractivity contribution is 0.0947. The summed E-state index contributed by atoms with van der Waals surface area (Å²) in [5.41, 5.74) is 0.709. The third-order valence-electron chi connectivity index (χ3n) is 3.41. The Labute approximate surface area is 116 Å². The van der Waals surface area contributed by atoms with E-state index in [0.29, 0.717) is 12.1 Å². The second-order valence-electron chi connectivity index (χ2n) is 5.02. The lowest BCUT2D eigenvalue weighted by Gasteiger charge is -2.12. The average Bonchev–Trinajstić information content (AvgIpc) is 3.26. The van der Waals surface area contributed by atoms with Gasteiger partial charge in [0, 0.05) is 24.7 Å². The van der Waals surface area contributed by atoms with Crippen molar-refractivity contribution in [1.82, 2.24) is 9.88 Å². The Morgan fingerprint density at radius 2 is 2.15 bits per heavy atom. The van der Waals surface area contributed by atoms with E-state index in [4.69, 9.17) is 4.74 Å². The summed E-state index contributed by atoms with van der Waals surface area (Å²) in [6, 6.07) is 7.46. The van der Waals surface area contributed by atoms with Crippen molar-refractivity contribution in [3.05, 3.63) is 46.2 Å². The van der Waals surface area contributed by atoms with Crippen molar-refractivity contribution in [2.75, 3.05) is 7.11 Å². The van der Waals surface area contributed by atoms with Gasteiger partial charge in [-0.1, -0.05) is 12.1 Å². The summed E-state index contributed by atoms with van der Waals surface area (Å²) >= 11 is 0. The molecule has 0 unspecified atom stereocenters. The minimum Gasteiger partial charge on any atom is -0.364 e. The normalized spacial score (nSPS) is 14.4. The minimum atomic E-state index is -0.298. The van der Waals surface area contributed by atoms with Crippen molar-refractivity contribution in [3.8, 4) is 0 Å². The number of aromatic nitrogens is 1. The van der Waals surface area contributed by atoms with E-state index in [1.807, 2.05) is 12.1 Å². The maximum absolute atomic E-state index is 12.4. The molecule has 1 aromatic carbocycles. The Morgan fingerprint density at radius 3 is 2.85 bits per heavy atom. The van der Waals surface area contributed by atoms with Crippen LogP contribution in [0.4, 0.5) is 0 Å². The van der Waals surface area contributed by atoms with E-state index in [-0.39, 0.29) is 22.9 Å². The van der Waals surface area contributed by atoms with Gasteiger partial charge in [0.15, 0.2) is 0 Å². The molecular formula is C15H16N2O3. The summed E-state index contributed by atoms with van der Waals surface area (Å²) in [7, 11) is 1.58. The highest BCUT2D eigenvalue weighted by molar-refractivity contribution is 5.97. The fraction of sp³-hybridized carbons (Fsp3) is 0.333. The number of methoxy groups -OCH3 is 1. The van der Waals surface area contributed by atoms with Gasteiger partial charge in [0.1, 0.15) is 12.3 Å². The summed E-state index contributed by atoms with van der Waals surface area (Å²) in [5.74, 6) is -0.298. The molecule has 5 heteroatoms. The third-order valence-corrected chi connectivity index (χ3v) is 3.41. The van der Waals surface area contributed by atoms with Crippen LogP contribution in [0, 0.1) is 0 Å². The molecule has 1 amide bonds. The van der Waals surface area contributed by atoms with Crippen molar-refractivity contribution in [2.24, 2.45) is 0 Å². The molecule has 0 atom stereocenters. The van der Waals surface area contributed by atoms with Crippen LogP contribution < -0.4 is 10.7 Å². The molecule has 0 radical (unpaired) electrons. The zero-order chi connectivity index (χ0) is 14.1. The first-order valence-corrected chi connectivity index (χ1v) is 6.62. The van der Waals surface area contributed by atoms with E-state index in [1.54, 1.807) is 30.0 Å². The van der Waals surface area contributed by atoms with Gasteiger partial charge in [-0.2, -0.15) is 0 Å². The van der Waals surface area contributed by atoms with Gasteiger partial charge in [-0.3, -0.25) is 9.59 Å². The SMILES string of the molecule is COCn1cc(C(=O)NC2CC2)c(=O)c2ccccc21. The first-order chi connectivity index (χ1) is 9.70. The Hall–Kier alpha value is -2.14. The first-order valence-electron chi connectivity index (χ1n) is 6.62. The number of fused-ring (bicyclic) bond motifs is 1. The molecule has 1 saturated carbocycles. The smallest absolute Gasteiger partial charge is 0.256 e. The minimum absolute atomic E-state index is 0.174. The number of pyridine rings is 1. The number of nitrogens with zero attached hydrogens (tertiary/aromatic N) is 1. The van der Waals surface area contributed by atoms with Crippen molar-refractivity contribution < 1.29 is 9.53 Å². The number of para-hydroxylation sites is 1. The number of nitrogens with one attached hydrogen (secondary N) is 1. The summed E-state index contributed by atoms with van der Waals surface area (Å²) in [4.78, 5) is 24.6. The van der Waals surface area contributed by atoms with Gasteiger partial charge >= 0.3 is 0 Å². The van der Waals surface area contributed by atoms with Crippen LogP contribution in [0.1, 0.15) is 23.2 Å². The van der Waals surface area contributed by atoms with Gasteiger partial charge in [0.2, 0.25) is 5.43 Å². The second kappa shape index (κ2) is 5.09. The highest BCUT2D eigenvalue weighted by Gasteiger charge is 2.25. The number of amides is 1. The molecular weight excluding hydrogens is 256 g/mol. The van der Waals surface area contributed by atoms with E-state index in [9.17, 15) is 9.59 Å². The molecule has 1 aliphatic carbocycles. The van der Waals surface area contributed by atoms with Crippen LogP contribution in [-0.4, -0.2) is 23.6 Å².